The minimum atomic E-state index is -0.334. The van der Waals surface area contributed by atoms with Crippen LogP contribution in [-0.2, 0) is 11.3 Å². The third-order valence-electron chi connectivity index (χ3n) is 3.66. The number of benzene rings is 1. The normalized spacial score (nSPS) is 10.7. The van der Waals surface area contributed by atoms with Crippen LogP contribution in [0.4, 0.5) is 0 Å². The van der Waals surface area contributed by atoms with E-state index in [4.69, 9.17) is 0 Å². The third-order valence-corrected chi connectivity index (χ3v) is 5.06. The van der Waals surface area contributed by atoms with Gasteiger partial charge in [0, 0.05) is 17.1 Å². The van der Waals surface area contributed by atoms with Crippen LogP contribution in [0.2, 0.25) is 0 Å². The van der Waals surface area contributed by atoms with Gasteiger partial charge in [-0.3, -0.25) is 14.4 Å². The summed E-state index contributed by atoms with van der Waals surface area (Å²) in [6.45, 7) is -0.000605. The highest BCUT2D eigenvalue weighted by Gasteiger charge is 2.14. The Kier molecular flexibility index (Phi) is 5.48. The standard InChI is InChI=1S/C17H15BrN4O3S/c1-22(9-13-20-12-5-6-26-15(12)17(25)21-13)14(23)8-19-16(24)10-3-2-4-11(18)7-10/h2-7H,8-9H2,1H3,(H,19,24)(H,20,21,25). The van der Waals surface area contributed by atoms with Gasteiger partial charge in [0.15, 0.2) is 0 Å². The smallest absolute Gasteiger partial charge is 0.268 e. The van der Waals surface area contributed by atoms with Gasteiger partial charge in [-0.2, -0.15) is 0 Å². The molecule has 0 aliphatic heterocycles. The molecule has 0 saturated carbocycles. The molecule has 0 bridgehead atoms. The number of halogens is 1. The van der Waals surface area contributed by atoms with Gasteiger partial charge in [-0.1, -0.05) is 22.0 Å². The van der Waals surface area contributed by atoms with Crippen molar-refractivity contribution in [2.24, 2.45) is 0 Å². The zero-order chi connectivity index (χ0) is 18.7. The van der Waals surface area contributed by atoms with E-state index in [1.807, 2.05) is 6.07 Å². The molecule has 2 heterocycles. The summed E-state index contributed by atoms with van der Waals surface area (Å²) in [5.41, 5.74) is 0.852. The van der Waals surface area contributed by atoms with Crippen LogP contribution < -0.4 is 10.9 Å². The maximum Gasteiger partial charge on any atom is 0.268 e. The molecule has 0 aliphatic rings. The number of nitrogens with one attached hydrogen (secondary N) is 2. The van der Waals surface area contributed by atoms with E-state index in [2.05, 4.69) is 31.2 Å². The van der Waals surface area contributed by atoms with Gasteiger partial charge in [0.05, 0.1) is 18.6 Å². The summed E-state index contributed by atoms with van der Waals surface area (Å²) in [5.74, 6) is -0.226. The van der Waals surface area contributed by atoms with Crippen molar-refractivity contribution in [3.05, 3.63) is 61.9 Å². The van der Waals surface area contributed by atoms with Crippen LogP contribution in [0.5, 0.6) is 0 Å². The number of carbonyl (C=O) groups is 2. The number of thiophene rings is 1. The predicted octanol–water partition coefficient (Wildman–Crippen LogP) is 2.14. The summed E-state index contributed by atoms with van der Waals surface area (Å²) in [6, 6.07) is 8.66. The van der Waals surface area contributed by atoms with E-state index in [0.29, 0.717) is 21.6 Å². The summed E-state index contributed by atoms with van der Waals surface area (Å²) in [6.07, 6.45) is 0. The number of H-pyrrole nitrogens is 1. The van der Waals surface area contributed by atoms with Crippen LogP contribution in [0.1, 0.15) is 16.2 Å². The molecule has 7 nitrogen and oxygen atoms in total. The number of hydrogen-bond donors (Lipinski definition) is 2. The number of aromatic amines is 1. The van der Waals surface area contributed by atoms with E-state index < -0.39 is 0 Å². The second-order valence-corrected chi connectivity index (χ2v) is 7.42. The van der Waals surface area contributed by atoms with Gasteiger partial charge < -0.3 is 15.2 Å². The molecule has 0 radical (unpaired) electrons. The molecular formula is C17H15BrN4O3S. The number of fused-ring (bicyclic) bond motifs is 1. The van der Waals surface area contributed by atoms with Crippen molar-refractivity contribution in [3.63, 3.8) is 0 Å². The topological polar surface area (TPSA) is 95.2 Å². The van der Waals surface area contributed by atoms with E-state index in [1.54, 1.807) is 36.7 Å². The number of nitrogens with zero attached hydrogens (tertiary/aromatic N) is 2. The highest BCUT2D eigenvalue weighted by molar-refractivity contribution is 9.10. The minimum Gasteiger partial charge on any atom is -0.343 e. The SMILES string of the molecule is CN(Cc1nc2ccsc2c(=O)[nH]1)C(=O)CNC(=O)c1cccc(Br)c1. The van der Waals surface area contributed by atoms with Crippen molar-refractivity contribution in [3.8, 4) is 0 Å². The quantitative estimate of drug-likeness (QED) is 0.642. The number of aromatic nitrogens is 2. The molecule has 2 aromatic heterocycles. The van der Waals surface area contributed by atoms with Crippen molar-refractivity contribution in [1.82, 2.24) is 20.2 Å². The summed E-state index contributed by atoms with van der Waals surface area (Å²) in [5, 5.41) is 4.38. The largest absolute Gasteiger partial charge is 0.343 e. The molecule has 134 valence electrons. The molecule has 3 rings (SSSR count). The van der Waals surface area contributed by atoms with Crippen LogP contribution in [0, 0.1) is 0 Å². The fourth-order valence-electron chi connectivity index (χ4n) is 2.33. The number of hydrogen-bond acceptors (Lipinski definition) is 5. The van der Waals surface area contributed by atoms with Crippen molar-refractivity contribution >= 4 is 49.3 Å². The van der Waals surface area contributed by atoms with Gasteiger partial charge in [0.2, 0.25) is 5.91 Å². The molecule has 2 amide bonds. The molecule has 9 heteroatoms. The Morgan fingerprint density at radius 3 is 2.92 bits per heavy atom. The first kappa shape index (κ1) is 18.3. The average molecular weight is 435 g/mol. The van der Waals surface area contributed by atoms with Crippen LogP contribution in [0.15, 0.2) is 45.0 Å². The van der Waals surface area contributed by atoms with Gasteiger partial charge in [0.25, 0.3) is 11.5 Å². The molecule has 0 aliphatic carbocycles. The first-order valence-electron chi connectivity index (χ1n) is 7.68. The Morgan fingerprint density at radius 2 is 2.15 bits per heavy atom. The maximum absolute atomic E-state index is 12.2. The second kappa shape index (κ2) is 7.79. The molecule has 0 atom stereocenters. The molecule has 0 saturated heterocycles. The first-order valence-corrected chi connectivity index (χ1v) is 9.35. The molecule has 0 fully saturated rings. The zero-order valence-corrected chi connectivity index (χ0v) is 16.2. The van der Waals surface area contributed by atoms with Gasteiger partial charge >= 0.3 is 0 Å². The Balaban J connectivity index is 1.60. The Labute approximate surface area is 161 Å². The summed E-state index contributed by atoms with van der Waals surface area (Å²) in [7, 11) is 1.59. The Bertz CT molecular complexity index is 1030. The van der Waals surface area contributed by atoms with Gasteiger partial charge in [-0.05, 0) is 29.6 Å². The fourth-order valence-corrected chi connectivity index (χ4v) is 3.46. The van der Waals surface area contributed by atoms with E-state index in [-0.39, 0.29) is 30.5 Å². The fraction of sp³-hybridized carbons (Fsp3) is 0.176. The van der Waals surface area contributed by atoms with E-state index in [0.717, 1.165) is 4.47 Å². The van der Waals surface area contributed by atoms with Gasteiger partial charge in [-0.15, -0.1) is 11.3 Å². The highest BCUT2D eigenvalue weighted by atomic mass is 79.9. The van der Waals surface area contributed by atoms with Gasteiger partial charge in [0.1, 0.15) is 10.5 Å². The number of amides is 2. The van der Waals surface area contributed by atoms with Crippen LogP contribution in [0.25, 0.3) is 10.2 Å². The average Bonchev–Trinajstić information content (AvgIpc) is 3.08. The minimum absolute atomic E-state index is 0.145. The van der Waals surface area contributed by atoms with Crippen molar-refractivity contribution < 1.29 is 9.59 Å². The zero-order valence-electron chi connectivity index (χ0n) is 13.8. The number of rotatable bonds is 5. The van der Waals surface area contributed by atoms with Crippen molar-refractivity contribution in [2.45, 2.75) is 6.54 Å². The van der Waals surface area contributed by atoms with Crippen molar-refractivity contribution in [2.75, 3.05) is 13.6 Å². The summed E-state index contributed by atoms with van der Waals surface area (Å²) >= 11 is 4.62. The van der Waals surface area contributed by atoms with E-state index >= 15 is 0 Å². The Morgan fingerprint density at radius 1 is 1.35 bits per heavy atom. The van der Waals surface area contributed by atoms with Gasteiger partial charge in [-0.25, -0.2) is 4.98 Å². The predicted molar refractivity (Wildman–Crippen MR) is 103 cm³/mol. The molecule has 0 unspecified atom stereocenters. The monoisotopic (exact) mass is 434 g/mol. The molecule has 1 aromatic carbocycles. The van der Waals surface area contributed by atoms with Crippen LogP contribution >= 0.6 is 27.3 Å². The van der Waals surface area contributed by atoms with Crippen LogP contribution in [-0.4, -0.2) is 40.3 Å². The Hall–Kier alpha value is -2.52. The molecule has 26 heavy (non-hydrogen) atoms. The van der Waals surface area contributed by atoms with E-state index in [1.165, 1.54) is 16.2 Å². The van der Waals surface area contributed by atoms with E-state index in [9.17, 15) is 14.4 Å². The maximum atomic E-state index is 12.2. The first-order chi connectivity index (χ1) is 12.4. The summed E-state index contributed by atoms with van der Waals surface area (Å²) < 4.78 is 1.34. The van der Waals surface area contributed by atoms with Crippen molar-refractivity contribution in [1.29, 1.82) is 0 Å². The number of likely N-dealkylation sites (N-methyl/N-ethyl adjacent to an activating group) is 1. The summed E-state index contributed by atoms with van der Waals surface area (Å²) in [4.78, 5) is 44.7. The van der Waals surface area contributed by atoms with Crippen LogP contribution in [0.3, 0.4) is 0 Å². The number of carbonyl (C=O) groups excluding carboxylic acids is 2. The molecular weight excluding hydrogens is 420 g/mol. The lowest BCUT2D eigenvalue weighted by atomic mass is 10.2. The molecule has 0 spiro atoms. The second-order valence-electron chi connectivity index (χ2n) is 5.59. The lowest BCUT2D eigenvalue weighted by Gasteiger charge is -2.17. The third kappa shape index (κ3) is 4.17. The lowest BCUT2D eigenvalue weighted by molar-refractivity contribution is -0.129. The molecule has 2 N–H and O–H groups in total. The highest BCUT2D eigenvalue weighted by Crippen LogP contribution is 2.14. The lowest BCUT2D eigenvalue weighted by Crippen LogP contribution is -2.38. The molecule has 3 aromatic rings.